The number of rotatable bonds is 7. The number of esters is 1. The largest absolute Gasteiger partial charge is 0.467 e. The minimum Gasteiger partial charge on any atom is -0.467 e. The zero-order valence-electron chi connectivity index (χ0n) is 22.6. The molecule has 40 heavy (non-hydrogen) atoms. The Morgan fingerprint density at radius 3 is 2.65 bits per heavy atom. The summed E-state index contributed by atoms with van der Waals surface area (Å²) < 4.78 is 35.4. The summed E-state index contributed by atoms with van der Waals surface area (Å²) in [5.74, 6) is 0.144. The summed E-state index contributed by atoms with van der Waals surface area (Å²) in [5, 5.41) is 3.27. The zero-order chi connectivity index (χ0) is 28.7. The Kier molecular flexibility index (Phi) is 7.65. The number of furan rings is 1. The van der Waals surface area contributed by atoms with Gasteiger partial charge >= 0.3 is 5.97 Å². The summed E-state index contributed by atoms with van der Waals surface area (Å²) in [6.07, 6.45) is 4.18. The number of hydrogen-bond acceptors (Lipinski definition) is 7. The van der Waals surface area contributed by atoms with E-state index >= 15 is 0 Å². The van der Waals surface area contributed by atoms with Crippen LogP contribution in [0.25, 0.3) is 16.7 Å². The second-order valence-corrected chi connectivity index (χ2v) is 12.9. The standard InChI is InChI=1S/C30H31ClN2O6S/c1-19-13-25(21-7-4-9-23(14-21)40(3,36)37)26(31)15-24(19)28-20(2)30(39-29(28)35)10-6-11-33(18-30)17-27(34)32-16-22-8-5-12-38-22/h4-5,7-9,12-15H,6,10-11,16-18H2,1-3H3,(H,32,34). The van der Waals surface area contributed by atoms with Gasteiger partial charge in [0.15, 0.2) is 9.84 Å². The molecule has 210 valence electrons. The Labute approximate surface area is 238 Å². The number of sulfone groups is 1. The van der Waals surface area contributed by atoms with E-state index in [9.17, 15) is 18.0 Å². The summed E-state index contributed by atoms with van der Waals surface area (Å²) >= 11 is 6.72. The molecule has 1 atom stereocenters. The third-order valence-electron chi connectivity index (χ3n) is 7.65. The number of carbonyl (C=O) groups excluding carboxylic acids is 2. The highest BCUT2D eigenvalue weighted by Crippen LogP contribution is 2.45. The van der Waals surface area contributed by atoms with Crippen LogP contribution in [0.2, 0.25) is 5.02 Å². The van der Waals surface area contributed by atoms with E-state index in [2.05, 4.69) is 5.32 Å². The average Bonchev–Trinajstić information content (AvgIpc) is 3.50. The van der Waals surface area contributed by atoms with Crippen molar-refractivity contribution < 1.29 is 27.2 Å². The molecule has 3 heterocycles. The van der Waals surface area contributed by atoms with Crippen molar-refractivity contribution in [2.75, 3.05) is 25.9 Å². The van der Waals surface area contributed by atoms with Crippen molar-refractivity contribution in [2.24, 2.45) is 0 Å². The SMILES string of the molecule is CC1=C(c2cc(Cl)c(-c3cccc(S(C)(=O)=O)c3)cc2C)C(=O)OC12CCCN(CC(=O)NCc1ccco1)C2. The maximum atomic E-state index is 13.3. The number of ether oxygens (including phenoxy) is 1. The molecule has 0 aliphatic carbocycles. The minimum atomic E-state index is -3.38. The molecule has 1 unspecified atom stereocenters. The molecule has 3 aromatic rings. The Morgan fingerprint density at radius 1 is 1.12 bits per heavy atom. The molecule has 1 aromatic heterocycles. The van der Waals surface area contributed by atoms with E-state index in [4.69, 9.17) is 20.8 Å². The second-order valence-electron chi connectivity index (χ2n) is 10.5. The van der Waals surface area contributed by atoms with Crippen LogP contribution in [0, 0.1) is 6.92 Å². The van der Waals surface area contributed by atoms with Crippen LogP contribution in [0.1, 0.15) is 36.7 Å². The third-order valence-corrected chi connectivity index (χ3v) is 9.07. The van der Waals surface area contributed by atoms with Crippen molar-refractivity contribution in [2.45, 2.75) is 43.7 Å². The predicted octanol–water partition coefficient (Wildman–Crippen LogP) is 4.79. The van der Waals surface area contributed by atoms with E-state index in [1.165, 1.54) is 6.26 Å². The summed E-state index contributed by atoms with van der Waals surface area (Å²) in [5.41, 5.74) is 3.35. The highest BCUT2D eigenvalue weighted by atomic mass is 35.5. The van der Waals surface area contributed by atoms with Gasteiger partial charge in [0.2, 0.25) is 5.91 Å². The van der Waals surface area contributed by atoms with Crippen molar-refractivity contribution >= 4 is 38.9 Å². The van der Waals surface area contributed by atoms with Gasteiger partial charge in [-0.2, -0.15) is 0 Å². The molecule has 1 N–H and O–H groups in total. The van der Waals surface area contributed by atoms with Gasteiger partial charge in [-0.15, -0.1) is 0 Å². The molecule has 1 fully saturated rings. The predicted molar refractivity (Wildman–Crippen MR) is 152 cm³/mol. The molecule has 10 heteroatoms. The van der Waals surface area contributed by atoms with E-state index < -0.39 is 21.4 Å². The number of amides is 1. The minimum absolute atomic E-state index is 0.127. The number of carbonyl (C=O) groups is 2. The normalized spacial score (nSPS) is 19.8. The maximum absolute atomic E-state index is 13.3. The summed E-state index contributed by atoms with van der Waals surface area (Å²) in [7, 11) is -3.38. The molecule has 2 aliphatic rings. The number of nitrogens with one attached hydrogen (secondary N) is 1. The quantitative estimate of drug-likeness (QED) is 0.399. The van der Waals surface area contributed by atoms with Gasteiger partial charge < -0.3 is 14.5 Å². The lowest BCUT2D eigenvalue weighted by Crippen LogP contribution is -2.51. The second kappa shape index (κ2) is 10.9. The molecule has 2 aromatic carbocycles. The van der Waals surface area contributed by atoms with E-state index in [1.807, 2.05) is 24.8 Å². The molecule has 2 aliphatic heterocycles. The van der Waals surface area contributed by atoms with Gasteiger partial charge in [-0.25, -0.2) is 13.2 Å². The van der Waals surface area contributed by atoms with Gasteiger partial charge in [-0.05, 0) is 91.9 Å². The number of halogens is 1. The molecule has 0 radical (unpaired) electrons. The van der Waals surface area contributed by atoms with Gasteiger partial charge in [0.25, 0.3) is 0 Å². The van der Waals surface area contributed by atoms with Gasteiger partial charge in [-0.1, -0.05) is 23.7 Å². The number of piperidine rings is 1. The number of aryl methyl sites for hydroxylation is 1. The molecular weight excluding hydrogens is 552 g/mol. The number of benzene rings is 2. The first kappa shape index (κ1) is 28.1. The topological polar surface area (TPSA) is 106 Å². The zero-order valence-corrected chi connectivity index (χ0v) is 24.2. The Hall–Kier alpha value is -3.40. The first-order valence-electron chi connectivity index (χ1n) is 13.0. The molecule has 0 saturated carbocycles. The smallest absolute Gasteiger partial charge is 0.339 e. The lowest BCUT2D eigenvalue weighted by atomic mass is 9.83. The highest BCUT2D eigenvalue weighted by Gasteiger charge is 2.48. The van der Waals surface area contributed by atoms with Crippen LogP contribution in [0.3, 0.4) is 0 Å². The van der Waals surface area contributed by atoms with E-state index in [1.54, 1.807) is 48.7 Å². The van der Waals surface area contributed by atoms with Crippen LogP contribution in [-0.2, 0) is 30.7 Å². The number of likely N-dealkylation sites (tertiary alicyclic amines) is 1. The van der Waals surface area contributed by atoms with E-state index in [0.717, 1.165) is 24.1 Å². The first-order valence-corrected chi connectivity index (χ1v) is 15.3. The lowest BCUT2D eigenvalue weighted by Gasteiger charge is -2.39. The van der Waals surface area contributed by atoms with Gasteiger partial charge in [0.1, 0.15) is 11.4 Å². The molecule has 8 nitrogen and oxygen atoms in total. The maximum Gasteiger partial charge on any atom is 0.339 e. The fourth-order valence-electron chi connectivity index (χ4n) is 5.55. The third kappa shape index (κ3) is 5.59. The van der Waals surface area contributed by atoms with Crippen LogP contribution >= 0.6 is 11.6 Å². The van der Waals surface area contributed by atoms with Crippen molar-refractivity contribution in [1.82, 2.24) is 10.2 Å². The monoisotopic (exact) mass is 582 g/mol. The van der Waals surface area contributed by atoms with Crippen LogP contribution < -0.4 is 5.32 Å². The van der Waals surface area contributed by atoms with Crippen LogP contribution in [0.4, 0.5) is 0 Å². The van der Waals surface area contributed by atoms with Crippen LogP contribution in [0.15, 0.2) is 69.7 Å². The van der Waals surface area contributed by atoms with E-state index in [-0.39, 0.29) is 17.3 Å². The average molecular weight is 583 g/mol. The summed E-state index contributed by atoms with van der Waals surface area (Å²) in [6, 6.07) is 13.8. The fourth-order valence-corrected chi connectivity index (χ4v) is 6.49. The van der Waals surface area contributed by atoms with Crippen molar-refractivity contribution in [1.29, 1.82) is 0 Å². The van der Waals surface area contributed by atoms with Crippen molar-refractivity contribution in [3.05, 3.63) is 82.3 Å². The van der Waals surface area contributed by atoms with Gasteiger partial charge in [-0.3, -0.25) is 9.69 Å². The molecule has 0 bridgehead atoms. The Balaban J connectivity index is 1.39. The van der Waals surface area contributed by atoms with Crippen LogP contribution in [-0.4, -0.2) is 56.7 Å². The summed E-state index contributed by atoms with van der Waals surface area (Å²) in [6.45, 7) is 5.46. The molecule has 5 rings (SSSR count). The van der Waals surface area contributed by atoms with Crippen molar-refractivity contribution in [3.8, 4) is 11.1 Å². The highest BCUT2D eigenvalue weighted by molar-refractivity contribution is 7.90. The Morgan fingerprint density at radius 2 is 1.93 bits per heavy atom. The number of nitrogens with zero attached hydrogens (tertiary/aromatic N) is 1. The number of hydrogen-bond donors (Lipinski definition) is 1. The van der Waals surface area contributed by atoms with E-state index in [0.29, 0.717) is 52.6 Å². The van der Waals surface area contributed by atoms with Crippen molar-refractivity contribution in [3.63, 3.8) is 0 Å². The fraction of sp³-hybridized carbons (Fsp3) is 0.333. The molecule has 1 spiro atoms. The molecular formula is C30H31ClN2O6S. The summed E-state index contributed by atoms with van der Waals surface area (Å²) in [4.78, 5) is 28.1. The Bertz CT molecular complexity index is 1610. The van der Waals surface area contributed by atoms with Crippen LogP contribution in [0.5, 0.6) is 0 Å². The molecule has 1 amide bonds. The van der Waals surface area contributed by atoms with Gasteiger partial charge in [0, 0.05) is 23.4 Å². The molecule has 1 saturated heterocycles. The van der Waals surface area contributed by atoms with Gasteiger partial charge in [0.05, 0.1) is 29.8 Å². The first-order chi connectivity index (χ1) is 19.0. The lowest BCUT2D eigenvalue weighted by molar-refractivity contribution is -0.149.